The molecular formula is C20H24F2N2O. The minimum Gasteiger partial charge on any atom is -0.388 e. The van der Waals surface area contributed by atoms with Gasteiger partial charge in [0.05, 0.1) is 6.10 Å². The highest BCUT2D eigenvalue weighted by Crippen LogP contribution is 2.20. The molecule has 5 heteroatoms. The molecule has 1 N–H and O–H groups in total. The molecule has 1 aliphatic rings. The molecule has 3 rings (SSSR count). The fraction of sp³-hybridized carbons (Fsp3) is 0.400. The molecule has 1 atom stereocenters. The van der Waals surface area contributed by atoms with Gasteiger partial charge in [-0.25, -0.2) is 8.78 Å². The van der Waals surface area contributed by atoms with Crippen LogP contribution in [0.25, 0.3) is 0 Å². The van der Waals surface area contributed by atoms with Crippen molar-refractivity contribution in [1.29, 1.82) is 0 Å². The highest BCUT2D eigenvalue weighted by Gasteiger charge is 2.17. The van der Waals surface area contributed by atoms with Crippen LogP contribution in [0.3, 0.4) is 0 Å². The second kappa shape index (κ2) is 8.41. The van der Waals surface area contributed by atoms with Crippen LogP contribution in [0.15, 0.2) is 48.5 Å². The number of anilines is 1. The lowest BCUT2D eigenvalue weighted by Crippen LogP contribution is -2.46. The van der Waals surface area contributed by atoms with Crippen molar-refractivity contribution in [3.05, 3.63) is 65.7 Å². The molecule has 0 spiro atoms. The molecule has 2 aromatic carbocycles. The van der Waals surface area contributed by atoms with E-state index in [0.29, 0.717) is 6.42 Å². The lowest BCUT2D eigenvalue weighted by Gasteiger charge is -2.36. The van der Waals surface area contributed by atoms with Crippen molar-refractivity contribution in [3.8, 4) is 0 Å². The van der Waals surface area contributed by atoms with Crippen LogP contribution in [0.4, 0.5) is 14.5 Å². The maximum Gasteiger partial charge on any atom is 0.123 e. The van der Waals surface area contributed by atoms with E-state index in [-0.39, 0.29) is 11.6 Å². The summed E-state index contributed by atoms with van der Waals surface area (Å²) in [5.41, 5.74) is 1.83. The monoisotopic (exact) mass is 346 g/mol. The van der Waals surface area contributed by atoms with E-state index in [0.717, 1.165) is 50.4 Å². The predicted molar refractivity (Wildman–Crippen MR) is 95.6 cm³/mol. The molecule has 0 aromatic heterocycles. The Morgan fingerprint density at radius 2 is 1.40 bits per heavy atom. The smallest absolute Gasteiger partial charge is 0.123 e. The largest absolute Gasteiger partial charge is 0.388 e. The summed E-state index contributed by atoms with van der Waals surface area (Å²) in [7, 11) is 0. The SMILES string of the molecule is OC(CCCN1CCN(c2ccc(F)cc2)CC1)c1ccc(F)cc1. The van der Waals surface area contributed by atoms with Gasteiger partial charge < -0.3 is 10.0 Å². The second-order valence-corrected chi connectivity index (χ2v) is 6.51. The molecule has 0 aliphatic carbocycles. The Bertz CT molecular complexity index is 652. The van der Waals surface area contributed by atoms with Crippen LogP contribution in [0.2, 0.25) is 0 Å². The lowest BCUT2D eigenvalue weighted by molar-refractivity contribution is 0.154. The van der Waals surface area contributed by atoms with Crippen LogP contribution in [-0.2, 0) is 0 Å². The molecule has 1 unspecified atom stereocenters. The van der Waals surface area contributed by atoms with Crippen LogP contribution in [0, 0.1) is 11.6 Å². The number of rotatable bonds is 6. The van der Waals surface area contributed by atoms with E-state index in [1.54, 1.807) is 12.1 Å². The summed E-state index contributed by atoms with van der Waals surface area (Å²) in [5.74, 6) is -0.489. The first-order chi connectivity index (χ1) is 12.1. The minimum absolute atomic E-state index is 0.206. The molecule has 1 heterocycles. The van der Waals surface area contributed by atoms with Crippen molar-refractivity contribution in [1.82, 2.24) is 4.90 Å². The maximum absolute atomic E-state index is 13.0. The van der Waals surface area contributed by atoms with Crippen LogP contribution < -0.4 is 4.90 Å². The number of aliphatic hydroxyl groups excluding tert-OH is 1. The van der Waals surface area contributed by atoms with Crippen LogP contribution >= 0.6 is 0 Å². The van der Waals surface area contributed by atoms with E-state index >= 15 is 0 Å². The maximum atomic E-state index is 13.0. The van der Waals surface area contributed by atoms with Gasteiger partial charge in [0, 0.05) is 31.9 Å². The first-order valence-electron chi connectivity index (χ1n) is 8.78. The minimum atomic E-state index is -0.541. The Kier molecular flexibility index (Phi) is 6.00. The zero-order valence-electron chi connectivity index (χ0n) is 14.2. The molecule has 0 saturated carbocycles. The predicted octanol–water partition coefficient (Wildman–Crippen LogP) is 3.60. The van der Waals surface area contributed by atoms with Gasteiger partial charge in [-0.05, 0) is 61.3 Å². The van der Waals surface area contributed by atoms with Gasteiger partial charge in [0.1, 0.15) is 11.6 Å². The van der Waals surface area contributed by atoms with Crippen molar-refractivity contribution in [2.75, 3.05) is 37.6 Å². The van der Waals surface area contributed by atoms with Crippen molar-refractivity contribution < 1.29 is 13.9 Å². The number of nitrogens with zero attached hydrogens (tertiary/aromatic N) is 2. The molecular weight excluding hydrogens is 322 g/mol. The summed E-state index contributed by atoms with van der Waals surface area (Å²) in [6.45, 7) is 4.71. The molecule has 1 saturated heterocycles. The summed E-state index contributed by atoms with van der Waals surface area (Å²) in [5, 5.41) is 10.2. The summed E-state index contributed by atoms with van der Waals surface area (Å²) in [6.07, 6.45) is 1.03. The van der Waals surface area contributed by atoms with Crippen molar-refractivity contribution in [2.24, 2.45) is 0 Å². The molecule has 2 aromatic rings. The van der Waals surface area contributed by atoms with E-state index in [4.69, 9.17) is 0 Å². The van der Waals surface area contributed by atoms with E-state index in [1.807, 2.05) is 12.1 Å². The lowest BCUT2D eigenvalue weighted by atomic mass is 10.0. The Morgan fingerprint density at radius 3 is 2.00 bits per heavy atom. The first-order valence-corrected chi connectivity index (χ1v) is 8.78. The summed E-state index contributed by atoms with van der Waals surface area (Å²) in [4.78, 5) is 4.65. The average molecular weight is 346 g/mol. The normalized spacial score (nSPS) is 16.8. The third-order valence-corrected chi connectivity index (χ3v) is 4.77. The van der Waals surface area contributed by atoms with Crippen molar-refractivity contribution >= 4 is 5.69 Å². The van der Waals surface area contributed by atoms with E-state index in [1.165, 1.54) is 24.3 Å². The third kappa shape index (κ3) is 5.00. The Labute approximate surface area is 147 Å². The zero-order valence-corrected chi connectivity index (χ0v) is 14.2. The van der Waals surface area contributed by atoms with E-state index in [2.05, 4.69) is 9.80 Å². The Hall–Kier alpha value is -1.98. The molecule has 0 bridgehead atoms. The third-order valence-electron chi connectivity index (χ3n) is 4.77. The number of benzene rings is 2. The van der Waals surface area contributed by atoms with Gasteiger partial charge in [-0.1, -0.05) is 12.1 Å². The van der Waals surface area contributed by atoms with E-state index < -0.39 is 6.10 Å². The number of halogens is 2. The molecule has 25 heavy (non-hydrogen) atoms. The average Bonchev–Trinajstić information content (AvgIpc) is 2.63. The Balaban J connectivity index is 1.39. The molecule has 0 radical (unpaired) electrons. The van der Waals surface area contributed by atoms with Crippen molar-refractivity contribution in [3.63, 3.8) is 0 Å². The fourth-order valence-corrected chi connectivity index (χ4v) is 3.24. The highest BCUT2D eigenvalue weighted by atomic mass is 19.1. The Morgan fingerprint density at radius 1 is 0.840 bits per heavy atom. The van der Waals surface area contributed by atoms with Crippen molar-refractivity contribution in [2.45, 2.75) is 18.9 Å². The standard InChI is InChI=1S/C20H24F2N2O/c21-17-5-3-16(4-6-17)20(25)2-1-11-23-12-14-24(15-13-23)19-9-7-18(22)8-10-19/h3-10,20,25H,1-2,11-15H2. The molecule has 0 amide bonds. The second-order valence-electron chi connectivity index (χ2n) is 6.51. The van der Waals surface area contributed by atoms with Gasteiger partial charge in [-0.3, -0.25) is 4.90 Å². The molecule has 134 valence electrons. The van der Waals surface area contributed by atoms with Gasteiger partial charge in [0.15, 0.2) is 0 Å². The first kappa shape index (κ1) is 17.8. The molecule has 3 nitrogen and oxygen atoms in total. The quantitative estimate of drug-likeness (QED) is 0.866. The van der Waals surface area contributed by atoms with Crippen LogP contribution in [0.1, 0.15) is 24.5 Å². The summed E-state index contributed by atoms with van der Waals surface area (Å²) < 4.78 is 25.9. The molecule has 1 fully saturated rings. The van der Waals surface area contributed by atoms with E-state index in [9.17, 15) is 13.9 Å². The highest BCUT2D eigenvalue weighted by molar-refractivity contribution is 5.46. The van der Waals surface area contributed by atoms with Gasteiger partial charge in [0.25, 0.3) is 0 Å². The van der Waals surface area contributed by atoms with Gasteiger partial charge in [-0.15, -0.1) is 0 Å². The summed E-state index contributed by atoms with van der Waals surface area (Å²) >= 11 is 0. The molecule has 1 aliphatic heterocycles. The number of aliphatic hydroxyl groups is 1. The van der Waals surface area contributed by atoms with Crippen LogP contribution in [0.5, 0.6) is 0 Å². The number of hydrogen-bond donors (Lipinski definition) is 1. The zero-order chi connectivity index (χ0) is 17.6. The number of hydrogen-bond acceptors (Lipinski definition) is 3. The number of piperazine rings is 1. The topological polar surface area (TPSA) is 26.7 Å². The fourth-order valence-electron chi connectivity index (χ4n) is 3.24. The van der Waals surface area contributed by atoms with Gasteiger partial charge >= 0.3 is 0 Å². The van der Waals surface area contributed by atoms with Gasteiger partial charge in [0.2, 0.25) is 0 Å². The summed E-state index contributed by atoms with van der Waals surface area (Å²) in [6, 6.07) is 12.7. The van der Waals surface area contributed by atoms with Crippen LogP contribution in [-0.4, -0.2) is 42.7 Å². The van der Waals surface area contributed by atoms with Gasteiger partial charge in [-0.2, -0.15) is 0 Å².